The molecule has 0 saturated carbocycles. The quantitative estimate of drug-likeness (QED) is 0.572. The summed E-state index contributed by atoms with van der Waals surface area (Å²) in [5.74, 6) is 0. The highest BCUT2D eigenvalue weighted by Crippen LogP contribution is 2.19. The standard InChI is InChI=1S/C12H19N3/c1-10-12(15-9-14-10)8-13-7-6-11-4-2-3-5-11/h4,9,13H,2-3,5-8H2,1H3,(H,14,15). The topological polar surface area (TPSA) is 40.7 Å². The van der Waals surface area contributed by atoms with Gasteiger partial charge in [0.1, 0.15) is 0 Å². The van der Waals surface area contributed by atoms with E-state index < -0.39 is 0 Å². The van der Waals surface area contributed by atoms with Crippen LogP contribution in [0, 0.1) is 6.92 Å². The molecule has 0 bridgehead atoms. The molecule has 1 aliphatic carbocycles. The van der Waals surface area contributed by atoms with Crippen LogP contribution in [0.3, 0.4) is 0 Å². The average molecular weight is 205 g/mol. The number of aryl methyl sites for hydroxylation is 1. The van der Waals surface area contributed by atoms with Crippen LogP contribution < -0.4 is 5.32 Å². The molecule has 2 rings (SSSR count). The summed E-state index contributed by atoms with van der Waals surface area (Å²) in [5.41, 5.74) is 3.93. The predicted octanol–water partition coefficient (Wildman–Crippen LogP) is 2.31. The fourth-order valence-electron chi connectivity index (χ4n) is 1.99. The molecule has 0 radical (unpaired) electrons. The molecule has 82 valence electrons. The van der Waals surface area contributed by atoms with Crippen molar-refractivity contribution in [3.05, 3.63) is 29.4 Å². The second kappa shape index (κ2) is 5.12. The molecule has 0 aromatic carbocycles. The van der Waals surface area contributed by atoms with Crippen molar-refractivity contribution in [2.45, 2.75) is 39.2 Å². The van der Waals surface area contributed by atoms with Crippen molar-refractivity contribution in [2.24, 2.45) is 0 Å². The Morgan fingerprint density at radius 3 is 3.13 bits per heavy atom. The number of allylic oxidation sites excluding steroid dienone is 1. The Hall–Kier alpha value is -1.09. The largest absolute Gasteiger partial charge is 0.348 e. The van der Waals surface area contributed by atoms with Gasteiger partial charge in [-0.15, -0.1) is 0 Å². The molecule has 1 aromatic rings. The van der Waals surface area contributed by atoms with Crippen molar-refractivity contribution in [3.63, 3.8) is 0 Å². The van der Waals surface area contributed by atoms with Gasteiger partial charge in [0.25, 0.3) is 0 Å². The molecular weight excluding hydrogens is 186 g/mol. The number of H-pyrrole nitrogens is 1. The monoisotopic (exact) mass is 205 g/mol. The fraction of sp³-hybridized carbons (Fsp3) is 0.583. The molecule has 0 unspecified atom stereocenters. The SMILES string of the molecule is Cc1[nH]cnc1CNCCC1=CCCC1. The summed E-state index contributed by atoms with van der Waals surface area (Å²) in [6.07, 6.45) is 9.29. The van der Waals surface area contributed by atoms with Gasteiger partial charge in [0.05, 0.1) is 12.0 Å². The van der Waals surface area contributed by atoms with Gasteiger partial charge in [-0.3, -0.25) is 0 Å². The highest BCUT2D eigenvalue weighted by molar-refractivity contribution is 5.09. The fourth-order valence-corrected chi connectivity index (χ4v) is 1.99. The average Bonchev–Trinajstić information content (AvgIpc) is 2.85. The van der Waals surface area contributed by atoms with Crippen molar-refractivity contribution in [1.82, 2.24) is 15.3 Å². The minimum absolute atomic E-state index is 0.878. The molecular formula is C12H19N3. The number of nitrogens with zero attached hydrogens (tertiary/aromatic N) is 1. The van der Waals surface area contributed by atoms with E-state index in [-0.39, 0.29) is 0 Å². The van der Waals surface area contributed by atoms with Gasteiger partial charge >= 0.3 is 0 Å². The maximum absolute atomic E-state index is 4.25. The molecule has 1 heterocycles. The van der Waals surface area contributed by atoms with Crippen molar-refractivity contribution in [1.29, 1.82) is 0 Å². The van der Waals surface area contributed by atoms with Gasteiger partial charge in [0.2, 0.25) is 0 Å². The van der Waals surface area contributed by atoms with Crippen molar-refractivity contribution in [3.8, 4) is 0 Å². The van der Waals surface area contributed by atoms with Gasteiger partial charge in [-0.2, -0.15) is 0 Å². The van der Waals surface area contributed by atoms with E-state index in [0.717, 1.165) is 18.8 Å². The molecule has 0 fully saturated rings. The number of aromatic amines is 1. The zero-order valence-electron chi connectivity index (χ0n) is 9.34. The lowest BCUT2D eigenvalue weighted by Gasteiger charge is -2.04. The summed E-state index contributed by atoms with van der Waals surface area (Å²) in [7, 11) is 0. The van der Waals surface area contributed by atoms with E-state index in [0.29, 0.717) is 0 Å². The first-order valence-corrected chi connectivity index (χ1v) is 5.74. The summed E-state index contributed by atoms with van der Waals surface area (Å²) in [4.78, 5) is 7.34. The molecule has 0 aliphatic heterocycles. The normalized spacial score (nSPS) is 15.7. The van der Waals surface area contributed by atoms with Gasteiger partial charge in [0, 0.05) is 12.2 Å². The highest BCUT2D eigenvalue weighted by atomic mass is 14.9. The Kier molecular flexibility index (Phi) is 3.56. The van der Waals surface area contributed by atoms with Gasteiger partial charge in [-0.1, -0.05) is 11.6 Å². The Bertz CT molecular complexity index is 338. The number of nitrogens with one attached hydrogen (secondary N) is 2. The van der Waals surface area contributed by atoms with E-state index in [9.17, 15) is 0 Å². The highest BCUT2D eigenvalue weighted by Gasteiger charge is 2.04. The molecule has 0 amide bonds. The summed E-state index contributed by atoms with van der Waals surface area (Å²) >= 11 is 0. The van der Waals surface area contributed by atoms with E-state index in [2.05, 4.69) is 28.3 Å². The van der Waals surface area contributed by atoms with Crippen molar-refractivity contribution < 1.29 is 0 Å². The zero-order valence-corrected chi connectivity index (χ0v) is 9.34. The summed E-state index contributed by atoms with van der Waals surface area (Å²) in [6.45, 7) is 4.00. The summed E-state index contributed by atoms with van der Waals surface area (Å²) in [6, 6.07) is 0. The smallest absolute Gasteiger partial charge is 0.0925 e. The molecule has 1 aliphatic rings. The van der Waals surface area contributed by atoms with Crippen LogP contribution in [0.4, 0.5) is 0 Å². The van der Waals surface area contributed by atoms with Crippen LogP contribution in [0.1, 0.15) is 37.1 Å². The van der Waals surface area contributed by atoms with Crippen LogP contribution in [0.5, 0.6) is 0 Å². The van der Waals surface area contributed by atoms with Gasteiger partial charge < -0.3 is 10.3 Å². The lowest BCUT2D eigenvalue weighted by atomic mass is 10.2. The minimum Gasteiger partial charge on any atom is -0.348 e. The van der Waals surface area contributed by atoms with E-state index in [1.165, 1.54) is 31.4 Å². The van der Waals surface area contributed by atoms with Crippen LogP contribution in [0.15, 0.2) is 18.0 Å². The molecule has 0 saturated heterocycles. The van der Waals surface area contributed by atoms with Gasteiger partial charge in [-0.05, 0) is 39.2 Å². The first-order valence-electron chi connectivity index (χ1n) is 5.74. The Balaban J connectivity index is 1.65. The number of imidazole rings is 1. The van der Waals surface area contributed by atoms with Crippen LogP contribution in [-0.4, -0.2) is 16.5 Å². The molecule has 0 spiro atoms. The van der Waals surface area contributed by atoms with Crippen LogP contribution >= 0.6 is 0 Å². The number of hydrogen-bond acceptors (Lipinski definition) is 2. The van der Waals surface area contributed by atoms with E-state index in [4.69, 9.17) is 0 Å². The molecule has 3 nitrogen and oxygen atoms in total. The maximum Gasteiger partial charge on any atom is 0.0925 e. The first-order chi connectivity index (χ1) is 7.36. The molecule has 0 atom stereocenters. The van der Waals surface area contributed by atoms with Gasteiger partial charge in [0.15, 0.2) is 0 Å². The third-order valence-electron chi connectivity index (χ3n) is 2.98. The third kappa shape index (κ3) is 2.93. The summed E-state index contributed by atoms with van der Waals surface area (Å²) in [5, 5.41) is 3.43. The number of aromatic nitrogens is 2. The van der Waals surface area contributed by atoms with Crippen LogP contribution in [0.25, 0.3) is 0 Å². The molecule has 3 heteroatoms. The third-order valence-corrected chi connectivity index (χ3v) is 2.98. The number of rotatable bonds is 5. The Labute approximate surface area is 91.0 Å². The van der Waals surface area contributed by atoms with E-state index in [1.807, 2.05) is 0 Å². The lowest BCUT2D eigenvalue weighted by Crippen LogP contribution is -2.15. The lowest BCUT2D eigenvalue weighted by molar-refractivity contribution is 0.665. The van der Waals surface area contributed by atoms with Crippen LogP contribution in [0.2, 0.25) is 0 Å². The van der Waals surface area contributed by atoms with E-state index >= 15 is 0 Å². The van der Waals surface area contributed by atoms with Crippen molar-refractivity contribution >= 4 is 0 Å². The second-order valence-electron chi connectivity index (χ2n) is 4.16. The predicted molar refractivity (Wildman–Crippen MR) is 61.6 cm³/mol. The Morgan fingerprint density at radius 2 is 2.47 bits per heavy atom. The zero-order chi connectivity index (χ0) is 10.5. The minimum atomic E-state index is 0.878. The second-order valence-corrected chi connectivity index (χ2v) is 4.16. The molecule has 2 N–H and O–H groups in total. The Morgan fingerprint density at radius 1 is 1.53 bits per heavy atom. The molecule has 1 aromatic heterocycles. The first kappa shape index (κ1) is 10.4. The molecule has 15 heavy (non-hydrogen) atoms. The van der Waals surface area contributed by atoms with Crippen molar-refractivity contribution in [2.75, 3.05) is 6.54 Å². The van der Waals surface area contributed by atoms with E-state index in [1.54, 1.807) is 11.9 Å². The maximum atomic E-state index is 4.25. The number of hydrogen-bond donors (Lipinski definition) is 2. The van der Waals surface area contributed by atoms with Gasteiger partial charge in [-0.25, -0.2) is 4.98 Å². The summed E-state index contributed by atoms with van der Waals surface area (Å²) < 4.78 is 0. The van der Waals surface area contributed by atoms with Crippen LogP contribution in [-0.2, 0) is 6.54 Å².